The Labute approximate surface area is 197 Å². The molecule has 0 aromatic heterocycles. The van der Waals surface area contributed by atoms with Crippen molar-refractivity contribution < 1.29 is 23.5 Å². The van der Waals surface area contributed by atoms with Crippen molar-refractivity contribution in [3.8, 4) is 0 Å². The second kappa shape index (κ2) is 11.2. The van der Waals surface area contributed by atoms with Crippen LogP contribution in [0.4, 0.5) is 9.18 Å². The molecule has 2 amide bonds. The van der Waals surface area contributed by atoms with Crippen molar-refractivity contribution in [2.75, 3.05) is 39.9 Å². The zero-order chi connectivity index (χ0) is 23.2. The van der Waals surface area contributed by atoms with E-state index in [0.717, 1.165) is 30.0 Å². The zero-order valence-corrected chi connectivity index (χ0v) is 19.6. The van der Waals surface area contributed by atoms with Gasteiger partial charge < -0.3 is 30.3 Å². The van der Waals surface area contributed by atoms with E-state index in [0.29, 0.717) is 44.6 Å². The van der Waals surface area contributed by atoms with Crippen molar-refractivity contribution in [2.24, 2.45) is 0 Å². The molecule has 2 heterocycles. The number of carbonyl (C=O) groups is 2. The highest BCUT2D eigenvalue weighted by molar-refractivity contribution is 8.09. The van der Waals surface area contributed by atoms with Crippen LogP contribution < -0.4 is 16.0 Å². The van der Waals surface area contributed by atoms with Gasteiger partial charge in [-0.05, 0) is 31.7 Å². The van der Waals surface area contributed by atoms with Gasteiger partial charge in [-0.2, -0.15) is 0 Å². The number of rotatable bonds is 9. The number of allylic oxidation sites excluding steroid dienone is 1. The fraction of sp³-hybridized carbons (Fsp3) is 0.565. The second-order valence-corrected chi connectivity index (χ2v) is 9.56. The minimum absolute atomic E-state index is 0.0234. The van der Waals surface area contributed by atoms with Gasteiger partial charge in [-0.15, -0.1) is 0 Å². The fourth-order valence-electron chi connectivity index (χ4n) is 4.06. The topological polar surface area (TPSA) is 91.9 Å². The summed E-state index contributed by atoms with van der Waals surface area (Å²) in [5.41, 5.74) is 1.48. The van der Waals surface area contributed by atoms with Crippen LogP contribution in [0.5, 0.6) is 0 Å². The SMILES string of the molecule is COC(=O)NCCCC1=C(c2ccccc2F)SC(CN(C(=O)[C@H]2CNCCO2)C2CC2)N1. The van der Waals surface area contributed by atoms with E-state index in [9.17, 15) is 14.0 Å². The van der Waals surface area contributed by atoms with Crippen molar-refractivity contribution in [2.45, 2.75) is 43.2 Å². The third-order valence-electron chi connectivity index (χ3n) is 5.88. The molecule has 8 nitrogen and oxygen atoms in total. The summed E-state index contributed by atoms with van der Waals surface area (Å²) in [7, 11) is 1.33. The number of halogens is 1. The number of thioether (sulfide) groups is 1. The number of hydrogen-bond donors (Lipinski definition) is 3. The molecule has 3 N–H and O–H groups in total. The molecule has 3 aliphatic rings. The molecule has 1 aromatic carbocycles. The predicted molar refractivity (Wildman–Crippen MR) is 125 cm³/mol. The molecule has 2 atom stereocenters. The summed E-state index contributed by atoms with van der Waals surface area (Å²) in [6, 6.07) is 6.98. The highest BCUT2D eigenvalue weighted by Crippen LogP contribution is 2.42. The van der Waals surface area contributed by atoms with Gasteiger partial charge in [0.05, 0.1) is 25.6 Å². The monoisotopic (exact) mass is 478 g/mol. The predicted octanol–water partition coefficient (Wildman–Crippen LogP) is 2.27. The normalized spacial score (nSPS) is 22.6. The molecule has 4 rings (SSSR count). The maximum Gasteiger partial charge on any atom is 0.406 e. The molecule has 33 heavy (non-hydrogen) atoms. The molecule has 1 saturated heterocycles. The molecule has 0 spiro atoms. The third kappa shape index (κ3) is 6.18. The number of carbonyl (C=O) groups excluding carboxylic acids is 2. The molecule has 2 fully saturated rings. The quantitative estimate of drug-likeness (QED) is 0.469. The first kappa shape index (κ1) is 23.8. The van der Waals surface area contributed by atoms with Gasteiger partial charge in [0.25, 0.3) is 5.91 Å². The first-order valence-electron chi connectivity index (χ1n) is 11.4. The van der Waals surface area contributed by atoms with Gasteiger partial charge >= 0.3 is 6.09 Å². The molecule has 1 unspecified atom stereocenters. The number of benzene rings is 1. The van der Waals surface area contributed by atoms with Crippen LogP contribution in [0, 0.1) is 5.82 Å². The molecule has 0 bridgehead atoms. The van der Waals surface area contributed by atoms with Crippen molar-refractivity contribution >= 4 is 28.7 Å². The average molecular weight is 479 g/mol. The van der Waals surface area contributed by atoms with Crippen LogP contribution in [0.1, 0.15) is 31.2 Å². The van der Waals surface area contributed by atoms with Crippen LogP contribution >= 0.6 is 11.8 Å². The Balaban J connectivity index is 1.43. The first-order valence-corrected chi connectivity index (χ1v) is 12.3. The molecule has 0 radical (unpaired) electrons. The highest BCUT2D eigenvalue weighted by Gasteiger charge is 2.39. The zero-order valence-electron chi connectivity index (χ0n) is 18.8. The second-order valence-electron chi connectivity index (χ2n) is 8.35. The van der Waals surface area contributed by atoms with Gasteiger partial charge in [0, 0.05) is 41.8 Å². The van der Waals surface area contributed by atoms with Gasteiger partial charge in [-0.3, -0.25) is 4.79 Å². The van der Waals surface area contributed by atoms with E-state index in [2.05, 4.69) is 20.7 Å². The van der Waals surface area contributed by atoms with Crippen LogP contribution in [-0.4, -0.2) is 74.3 Å². The summed E-state index contributed by atoms with van der Waals surface area (Å²) >= 11 is 1.56. The van der Waals surface area contributed by atoms with Gasteiger partial charge in [-0.25, -0.2) is 9.18 Å². The standard InChI is InChI=1S/C23H31FN4O4S/c1-31-23(30)26-10-4-7-18-21(16-5-2-3-6-17(16)24)33-20(27-18)14-28(15-8-9-15)22(29)19-13-25-11-12-32-19/h2-3,5-6,15,19-20,25,27H,4,7-14H2,1H3,(H,26,30)/t19-,20?/m1/s1. The van der Waals surface area contributed by atoms with E-state index in [4.69, 9.17) is 4.74 Å². The summed E-state index contributed by atoms with van der Waals surface area (Å²) < 4.78 is 24.9. The maximum absolute atomic E-state index is 14.6. The van der Waals surface area contributed by atoms with Gasteiger partial charge in [0.1, 0.15) is 11.9 Å². The molecule has 2 aliphatic heterocycles. The molecule has 1 saturated carbocycles. The Morgan fingerprint density at radius 2 is 2.15 bits per heavy atom. The van der Waals surface area contributed by atoms with Crippen LogP contribution in [0.15, 0.2) is 30.0 Å². The van der Waals surface area contributed by atoms with Crippen molar-refractivity contribution in [3.05, 3.63) is 41.3 Å². The molecule has 10 heteroatoms. The number of methoxy groups -OCH3 is 1. The van der Waals surface area contributed by atoms with Crippen molar-refractivity contribution in [3.63, 3.8) is 0 Å². The molecular formula is C23H31FN4O4S. The highest BCUT2D eigenvalue weighted by atomic mass is 32.2. The number of nitrogens with zero attached hydrogens (tertiary/aromatic N) is 1. The minimum atomic E-state index is -0.469. The number of ether oxygens (including phenoxy) is 2. The number of nitrogens with one attached hydrogen (secondary N) is 3. The summed E-state index contributed by atoms with van der Waals surface area (Å²) in [6.45, 7) is 2.81. The van der Waals surface area contributed by atoms with E-state index in [1.54, 1.807) is 23.9 Å². The number of morpholine rings is 1. The largest absolute Gasteiger partial charge is 0.453 e. The average Bonchev–Trinajstić information content (AvgIpc) is 3.61. The van der Waals surface area contributed by atoms with E-state index in [1.165, 1.54) is 13.2 Å². The Morgan fingerprint density at radius 1 is 1.33 bits per heavy atom. The lowest BCUT2D eigenvalue weighted by Gasteiger charge is -2.31. The van der Waals surface area contributed by atoms with Gasteiger partial charge in [0.2, 0.25) is 0 Å². The Kier molecular flexibility index (Phi) is 8.11. The van der Waals surface area contributed by atoms with Crippen molar-refractivity contribution in [1.29, 1.82) is 0 Å². The van der Waals surface area contributed by atoms with E-state index in [-0.39, 0.29) is 23.1 Å². The molecular weight excluding hydrogens is 447 g/mol. The summed E-state index contributed by atoms with van der Waals surface area (Å²) in [5.74, 6) is -0.250. The van der Waals surface area contributed by atoms with Crippen molar-refractivity contribution in [1.82, 2.24) is 20.9 Å². The lowest BCUT2D eigenvalue weighted by atomic mass is 10.1. The smallest absolute Gasteiger partial charge is 0.406 e. The number of alkyl carbamates (subject to hydrolysis) is 1. The summed E-state index contributed by atoms with van der Waals surface area (Å²) in [4.78, 5) is 27.3. The lowest BCUT2D eigenvalue weighted by Crippen LogP contribution is -2.52. The molecule has 1 aliphatic carbocycles. The van der Waals surface area contributed by atoms with Gasteiger partial charge in [-0.1, -0.05) is 30.0 Å². The van der Waals surface area contributed by atoms with E-state index < -0.39 is 12.2 Å². The maximum atomic E-state index is 14.6. The molecule has 1 aromatic rings. The first-order chi connectivity index (χ1) is 16.1. The van der Waals surface area contributed by atoms with Crippen LogP contribution in [0.3, 0.4) is 0 Å². The Hall–Kier alpha value is -2.30. The van der Waals surface area contributed by atoms with Gasteiger partial charge in [0.15, 0.2) is 0 Å². The van der Waals surface area contributed by atoms with Crippen LogP contribution in [-0.2, 0) is 14.3 Å². The summed E-state index contributed by atoms with van der Waals surface area (Å²) in [6.07, 6.45) is 2.41. The van der Waals surface area contributed by atoms with Crippen LogP contribution in [0.25, 0.3) is 4.91 Å². The van der Waals surface area contributed by atoms with E-state index in [1.807, 2.05) is 11.0 Å². The summed E-state index contributed by atoms with van der Waals surface area (Å²) in [5, 5.41) is 9.34. The minimum Gasteiger partial charge on any atom is -0.453 e. The molecule has 180 valence electrons. The Morgan fingerprint density at radius 3 is 2.85 bits per heavy atom. The van der Waals surface area contributed by atoms with E-state index >= 15 is 0 Å². The van der Waals surface area contributed by atoms with Crippen LogP contribution in [0.2, 0.25) is 0 Å². The Bertz CT molecular complexity index is 889. The lowest BCUT2D eigenvalue weighted by molar-refractivity contribution is -0.145. The fourth-order valence-corrected chi connectivity index (χ4v) is 5.38. The number of hydrogen-bond acceptors (Lipinski definition) is 7. The third-order valence-corrected chi connectivity index (χ3v) is 7.14. The number of amides is 2.